The number of methoxy groups -OCH3 is 2. The molecule has 0 fully saturated rings. The van der Waals surface area contributed by atoms with Crippen LogP contribution in [0.2, 0.25) is 0 Å². The monoisotopic (exact) mass is 520 g/mol. The van der Waals surface area contributed by atoms with E-state index in [0.29, 0.717) is 53.1 Å². The number of nitrogen functional groups attached to an aromatic ring is 1. The van der Waals surface area contributed by atoms with E-state index in [2.05, 4.69) is 22.0 Å². The van der Waals surface area contributed by atoms with Gasteiger partial charge in [-0.15, -0.1) is 0 Å². The van der Waals surface area contributed by atoms with Gasteiger partial charge in [-0.25, -0.2) is 19.3 Å². The maximum absolute atomic E-state index is 12.0. The maximum Gasteiger partial charge on any atom is 0.337 e. The third-order valence-electron chi connectivity index (χ3n) is 6.31. The fourth-order valence-electron chi connectivity index (χ4n) is 4.40. The number of pyridine rings is 1. The van der Waals surface area contributed by atoms with Crippen LogP contribution in [0.15, 0.2) is 36.5 Å². The fourth-order valence-corrected chi connectivity index (χ4v) is 4.40. The van der Waals surface area contributed by atoms with E-state index in [-0.39, 0.29) is 5.92 Å². The van der Waals surface area contributed by atoms with Crippen LogP contribution in [0.25, 0.3) is 22.3 Å². The van der Waals surface area contributed by atoms with Crippen molar-refractivity contribution in [1.82, 2.24) is 24.3 Å². The lowest BCUT2D eigenvalue weighted by Crippen LogP contribution is -2.12. The molecule has 0 aliphatic carbocycles. The summed E-state index contributed by atoms with van der Waals surface area (Å²) in [6.45, 7) is 5.07. The summed E-state index contributed by atoms with van der Waals surface area (Å²) in [4.78, 5) is 33.0. The Balaban J connectivity index is 1.40. The van der Waals surface area contributed by atoms with Crippen LogP contribution in [0.3, 0.4) is 0 Å². The first-order valence-corrected chi connectivity index (χ1v) is 12.3. The van der Waals surface area contributed by atoms with Gasteiger partial charge in [0.1, 0.15) is 0 Å². The average Bonchev–Trinajstić information content (AvgIpc) is 3.43. The summed E-state index contributed by atoms with van der Waals surface area (Å²) in [6, 6.07) is 8.57. The normalized spacial score (nSPS) is 11.9. The number of fused-ring (bicyclic) bond motifs is 1. The zero-order valence-electron chi connectivity index (χ0n) is 22.2. The minimum Gasteiger partial charge on any atom is -0.477 e. The number of esters is 2. The van der Waals surface area contributed by atoms with Gasteiger partial charge in [-0.2, -0.15) is 5.10 Å². The van der Waals surface area contributed by atoms with Crippen LogP contribution in [0.5, 0.6) is 5.88 Å². The predicted molar refractivity (Wildman–Crippen MR) is 142 cm³/mol. The fraction of sp³-hybridized carbons (Fsp3) is 0.370. The standard InChI is InChI=1S/C27H32N6O5/c1-16(15-33-23-13-18(25(34)36-4)8-9-21(23)31-27(33)28)7-6-10-38-24-20(14-29-32(24)3)22-12-19(26(35)37-5)11-17(2)30-22/h8-9,11-14,16H,6-7,10,15H2,1-5H3,(H2,28,31)/t16-/m1/s1. The first kappa shape index (κ1) is 26.6. The molecule has 200 valence electrons. The van der Waals surface area contributed by atoms with Crippen molar-refractivity contribution in [3.05, 3.63) is 53.3 Å². The van der Waals surface area contributed by atoms with Crippen LogP contribution >= 0.6 is 0 Å². The number of hydrogen-bond donors (Lipinski definition) is 1. The van der Waals surface area contributed by atoms with Crippen molar-refractivity contribution >= 4 is 28.9 Å². The predicted octanol–water partition coefficient (Wildman–Crippen LogP) is 3.79. The molecule has 0 aliphatic rings. The van der Waals surface area contributed by atoms with Gasteiger partial charge in [-0.1, -0.05) is 6.92 Å². The average molecular weight is 521 g/mol. The van der Waals surface area contributed by atoms with Gasteiger partial charge in [-0.05, 0) is 56.0 Å². The molecule has 0 radical (unpaired) electrons. The molecule has 1 aromatic carbocycles. The van der Waals surface area contributed by atoms with E-state index in [1.54, 1.807) is 48.3 Å². The van der Waals surface area contributed by atoms with Crippen LogP contribution in [-0.2, 0) is 23.1 Å². The first-order chi connectivity index (χ1) is 18.2. The number of hydrogen-bond acceptors (Lipinski definition) is 9. The molecule has 0 saturated carbocycles. The van der Waals surface area contributed by atoms with E-state index in [1.165, 1.54) is 14.2 Å². The van der Waals surface area contributed by atoms with Gasteiger partial charge in [0, 0.05) is 19.3 Å². The Morgan fingerprint density at radius 2 is 1.79 bits per heavy atom. The van der Waals surface area contributed by atoms with Gasteiger partial charge >= 0.3 is 11.9 Å². The van der Waals surface area contributed by atoms with E-state index in [4.69, 9.17) is 19.9 Å². The largest absolute Gasteiger partial charge is 0.477 e. The van der Waals surface area contributed by atoms with E-state index in [1.807, 2.05) is 11.5 Å². The molecule has 0 unspecified atom stereocenters. The number of aromatic nitrogens is 5. The van der Waals surface area contributed by atoms with Crippen LogP contribution in [0, 0.1) is 12.8 Å². The molecule has 11 nitrogen and oxygen atoms in total. The Morgan fingerprint density at radius 1 is 1.05 bits per heavy atom. The van der Waals surface area contributed by atoms with Crippen molar-refractivity contribution in [3.63, 3.8) is 0 Å². The second-order valence-corrected chi connectivity index (χ2v) is 9.23. The van der Waals surface area contributed by atoms with Crippen molar-refractivity contribution in [2.45, 2.75) is 33.2 Å². The summed E-state index contributed by atoms with van der Waals surface area (Å²) in [7, 11) is 4.50. The van der Waals surface area contributed by atoms with Crippen LogP contribution in [0.1, 0.15) is 46.2 Å². The Bertz CT molecular complexity index is 1470. The van der Waals surface area contributed by atoms with Crippen molar-refractivity contribution in [2.24, 2.45) is 13.0 Å². The van der Waals surface area contributed by atoms with E-state index >= 15 is 0 Å². The molecular formula is C27H32N6O5. The van der Waals surface area contributed by atoms with Gasteiger partial charge < -0.3 is 24.5 Å². The lowest BCUT2D eigenvalue weighted by atomic mass is 10.1. The van der Waals surface area contributed by atoms with Crippen molar-refractivity contribution in [1.29, 1.82) is 0 Å². The highest BCUT2D eigenvalue weighted by atomic mass is 16.5. The van der Waals surface area contributed by atoms with E-state index < -0.39 is 11.9 Å². The van der Waals surface area contributed by atoms with Gasteiger partial charge in [0.25, 0.3) is 0 Å². The lowest BCUT2D eigenvalue weighted by molar-refractivity contribution is 0.0592. The van der Waals surface area contributed by atoms with Gasteiger partial charge in [0.05, 0.1) is 60.4 Å². The summed E-state index contributed by atoms with van der Waals surface area (Å²) in [5, 5.41) is 4.32. The zero-order valence-corrected chi connectivity index (χ0v) is 22.2. The highest BCUT2D eigenvalue weighted by Crippen LogP contribution is 2.30. The lowest BCUT2D eigenvalue weighted by Gasteiger charge is -2.15. The number of aryl methyl sites for hydroxylation is 2. The number of imidazole rings is 1. The first-order valence-electron chi connectivity index (χ1n) is 12.3. The number of carbonyl (C=O) groups excluding carboxylic acids is 2. The second-order valence-electron chi connectivity index (χ2n) is 9.23. The summed E-state index contributed by atoms with van der Waals surface area (Å²) in [5.74, 6) is 0.422. The van der Waals surface area contributed by atoms with Gasteiger partial charge in [0.2, 0.25) is 11.8 Å². The minimum atomic E-state index is -0.426. The highest BCUT2D eigenvalue weighted by molar-refractivity contribution is 5.94. The molecular weight excluding hydrogens is 488 g/mol. The summed E-state index contributed by atoms with van der Waals surface area (Å²) >= 11 is 0. The van der Waals surface area contributed by atoms with Crippen LogP contribution < -0.4 is 10.5 Å². The summed E-state index contributed by atoms with van der Waals surface area (Å²) in [5.41, 5.74) is 10.6. The number of anilines is 1. The van der Waals surface area contributed by atoms with Crippen molar-refractivity contribution < 1.29 is 23.8 Å². The minimum absolute atomic E-state index is 0.271. The Labute approximate surface area is 220 Å². The van der Waals surface area contributed by atoms with E-state index in [0.717, 1.165) is 23.9 Å². The molecule has 38 heavy (non-hydrogen) atoms. The SMILES string of the molecule is COC(=O)c1cc(C)nc(-c2cnn(C)c2OCCC[C@@H](C)Cn2c(N)nc3ccc(C(=O)OC)cc32)c1. The number of rotatable bonds is 10. The maximum atomic E-state index is 12.0. The molecule has 1 atom stereocenters. The molecule has 3 aromatic heterocycles. The number of ether oxygens (including phenoxy) is 3. The highest BCUT2D eigenvalue weighted by Gasteiger charge is 2.18. The third kappa shape index (κ3) is 5.61. The van der Waals surface area contributed by atoms with Crippen LogP contribution in [-0.4, -0.2) is 57.1 Å². The molecule has 0 spiro atoms. The van der Waals surface area contributed by atoms with E-state index in [9.17, 15) is 9.59 Å². The molecule has 4 rings (SSSR count). The summed E-state index contributed by atoms with van der Waals surface area (Å²) < 4.78 is 19.4. The molecule has 2 N–H and O–H groups in total. The van der Waals surface area contributed by atoms with Gasteiger partial charge in [-0.3, -0.25) is 4.98 Å². The molecule has 0 bridgehead atoms. The van der Waals surface area contributed by atoms with Gasteiger partial charge in [0.15, 0.2) is 0 Å². The van der Waals surface area contributed by atoms with Crippen LogP contribution in [0.4, 0.5) is 5.95 Å². The molecule has 0 amide bonds. The van der Waals surface area contributed by atoms with Crippen molar-refractivity contribution in [2.75, 3.05) is 26.6 Å². The van der Waals surface area contributed by atoms with Crippen molar-refractivity contribution in [3.8, 4) is 17.1 Å². The number of carbonyl (C=O) groups is 2. The Hall–Kier alpha value is -4.41. The molecule has 4 aromatic rings. The smallest absolute Gasteiger partial charge is 0.337 e. The molecule has 11 heteroatoms. The number of nitrogens with zero attached hydrogens (tertiary/aromatic N) is 5. The molecule has 0 saturated heterocycles. The Kier molecular flexibility index (Phi) is 7.94. The molecule has 0 aliphatic heterocycles. The quantitative estimate of drug-likeness (QED) is 0.245. The third-order valence-corrected chi connectivity index (χ3v) is 6.31. The Morgan fingerprint density at radius 3 is 2.53 bits per heavy atom. The number of benzene rings is 1. The zero-order chi connectivity index (χ0) is 27.4. The second kappa shape index (κ2) is 11.3. The topological polar surface area (TPSA) is 136 Å². The summed E-state index contributed by atoms with van der Waals surface area (Å²) in [6.07, 6.45) is 3.34. The molecule has 3 heterocycles. The number of nitrogens with two attached hydrogens (primary N) is 1.